The molecule has 8 nitrogen and oxygen atoms in total. The predicted molar refractivity (Wildman–Crippen MR) is 569 cm³/mol. The number of hydrogen-bond donors (Lipinski definition) is 1. The summed E-state index contributed by atoms with van der Waals surface area (Å²) in [6.07, 6.45) is 8.98. The maximum atomic E-state index is 10.7. The van der Waals surface area contributed by atoms with Gasteiger partial charge in [-0.3, -0.25) is 29.5 Å². The molecule has 3 radical (unpaired) electrons. The second-order valence-corrected chi connectivity index (χ2v) is 34.4. The van der Waals surface area contributed by atoms with Crippen LogP contribution in [0.5, 0.6) is 0 Å². The third-order valence-electron chi connectivity index (χ3n) is 19.8. The maximum Gasteiger partial charge on any atom is 0.154 e. The Morgan fingerprint density at radius 2 is 0.427 bits per heavy atom. The van der Waals surface area contributed by atoms with Gasteiger partial charge in [0, 0.05) is 59.5 Å². The molecule has 21 heteroatoms. The molecule has 0 unspecified atom stereocenters. The fourth-order valence-electron chi connectivity index (χ4n) is 13.3. The van der Waals surface area contributed by atoms with Gasteiger partial charge in [0.2, 0.25) is 0 Å². The Bertz CT molecular complexity index is 6080. The summed E-state index contributed by atoms with van der Waals surface area (Å²) < 4.78 is 58.7. The summed E-state index contributed by atoms with van der Waals surface area (Å²) in [5.74, 6) is 0. The molecule has 0 aliphatic heterocycles. The fourth-order valence-corrected chi connectivity index (χ4v) is 16.2. The van der Waals surface area contributed by atoms with Crippen LogP contribution in [0.2, 0.25) is 0 Å². The van der Waals surface area contributed by atoms with Gasteiger partial charge in [-0.05, 0) is 30.3 Å². The minimum absolute atomic E-state index is 0. The summed E-state index contributed by atoms with van der Waals surface area (Å²) in [7, 11) is -4.55. The van der Waals surface area contributed by atoms with Crippen LogP contribution >= 0.6 is 20.5 Å². The minimum Gasteiger partial charge on any atom is -0.295 e. The summed E-state index contributed by atoms with van der Waals surface area (Å²) >= 11 is 8.52. The molecule has 0 aliphatic rings. The van der Waals surface area contributed by atoms with Crippen LogP contribution in [0, 0.1) is 60.7 Å². The molecule has 0 bridgehead atoms. The van der Waals surface area contributed by atoms with E-state index < -0.39 is 24.4 Å². The molecular weight excluding hydrogens is 2210 g/mol. The molecule has 0 saturated heterocycles. The Hall–Kier alpha value is -13.0. The van der Waals surface area contributed by atoms with Gasteiger partial charge in [-0.25, -0.2) is 27.8 Å². The molecule has 0 amide bonds. The molecule has 0 aliphatic carbocycles. The summed E-state index contributed by atoms with van der Waals surface area (Å²) in [6.45, 7) is 0. The van der Waals surface area contributed by atoms with Gasteiger partial charge in [0.25, 0.3) is 0 Å². The Labute approximate surface area is 908 Å². The standard InChI is InChI=1S/C18H15Si.5C17H11N.C12H10B.C6H5Se.CHF3O3S.HI.5Ni/c1-4-10-16(11-5-1)19(17-12-6-2-7-13-17)18-14-8-3-9-15-18;5*1-2-7-14(8-3-1)15-9-6-10-16(13-15)17-11-4-5-12-18-17;1-3-7-11(8-4-1)13-12-9-5-2-6-10-12;7-6-4-2-1-3-5-6;2-1(3,4)8(5,6)7;;;;;;/h1-15H;5*1-7,9-12H;1-10H;1-5H;(H,5,6,7);1H;;;;;/q;5*-2;;;;;+1;4*+2/p-1. The molecule has 21 rings (SSSR count). The van der Waals surface area contributed by atoms with E-state index >= 15 is 0 Å². The van der Waals surface area contributed by atoms with Gasteiger partial charge in [-0.15, -0.1) is 119 Å². The van der Waals surface area contributed by atoms with E-state index in [2.05, 4.69) is 261 Å². The van der Waals surface area contributed by atoms with Crippen molar-refractivity contribution in [2.75, 3.05) is 0 Å². The fraction of sp³-hybridized carbons (Fsp3) is 0.00820. The molecule has 0 saturated carbocycles. The molecular formula is C122H86BF3IN5Ni5O3SSeSi-2. The number of nitrogens with zero attached hydrogens (tertiary/aromatic N) is 5. The van der Waals surface area contributed by atoms with Crippen molar-refractivity contribution in [1.82, 2.24) is 24.9 Å². The normalized spacial score (nSPS) is 9.96. The number of hydrogen-bond acceptors (Lipinski definition) is 7. The second kappa shape index (κ2) is 64.5. The summed E-state index contributed by atoms with van der Waals surface area (Å²) in [5.41, 5.74) is 17.1. The first-order valence-corrected chi connectivity index (χ1v) is 50.6. The number of alkyl halides is 3. The quantitative estimate of drug-likeness (QED) is 0.0269. The molecule has 5 heterocycles. The third kappa shape index (κ3) is 39.3. The van der Waals surface area contributed by atoms with E-state index in [0.717, 1.165) is 112 Å². The number of pyridine rings is 5. The summed E-state index contributed by atoms with van der Waals surface area (Å²) in [4.78, 5) is 21.7. The van der Waals surface area contributed by atoms with Gasteiger partial charge in [-0.2, -0.15) is 231 Å². The van der Waals surface area contributed by atoms with Crippen LogP contribution < -0.4 is 30.9 Å². The van der Waals surface area contributed by atoms with Gasteiger partial charge in [-0.1, -0.05) is 239 Å². The van der Waals surface area contributed by atoms with Crippen LogP contribution in [0.3, 0.4) is 0 Å². The van der Waals surface area contributed by atoms with Crippen LogP contribution in [0.15, 0.2) is 516 Å². The molecule has 0 fully saturated rings. The Kier molecular flexibility index (Phi) is 52.0. The molecule has 16 aromatic carbocycles. The first kappa shape index (κ1) is 115. The monoisotopic (exact) mass is 2290 g/mol. The van der Waals surface area contributed by atoms with E-state index in [1.807, 2.05) is 346 Å². The molecule has 1 N–H and O–H groups in total. The van der Waals surface area contributed by atoms with Crippen LogP contribution in [0.1, 0.15) is 0 Å². The van der Waals surface area contributed by atoms with Crippen molar-refractivity contribution in [2.45, 2.75) is 5.51 Å². The number of benzene rings is 16. The zero-order chi connectivity index (χ0) is 97.0. The van der Waals surface area contributed by atoms with Crippen LogP contribution in [0.25, 0.3) is 112 Å². The zero-order valence-electron chi connectivity index (χ0n) is 76.1. The second-order valence-electron chi connectivity index (χ2n) is 29.5. The largest absolute Gasteiger partial charge is 0.295 e. The first-order valence-electron chi connectivity index (χ1n) is 43.6. The Morgan fingerprint density at radius 3 is 0.594 bits per heavy atom. The van der Waals surface area contributed by atoms with Crippen LogP contribution in [-0.4, -0.2) is 75.5 Å². The Morgan fingerprint density at radius 1 is 0.252 bits per heavy atom. The number of halogens is 4. The average Bonchev–Trinajstić information content (AvgIpc) is 0.783. The smallest absolute Gasteiger partial charge is 0.154 e. The van der Waals surface area contributed by atoms with Crippen molar-refractivity contribution in [1.29, 1.82) is 0 Å². The van der Waals surface area contributed by atoms with Crippen molar-refractivity contribution >= 4 is 93.6 Å². The third-order valence-corrected chi connectivity index (χ3v) is 23.7. The van der Waals surface area contributed by atoms with Crippen molar-refractivity contribution in [3.05, 3.63) is 577 Å². The molecule has 21 aromatic rings. The van der Waals surface area contributed by atoms with Crippen LogP contribution in [-0.2, 0) is 88.4 Å². The average molecular weight is 2300 g/mol. The van der Waals surface area contributed by atoms with Gasteiger partial charge in [0.1, 0.15) is 0 Å². The molecule has 716 valence electrons. The maximum absolute atomic E-state index is 10.7. The Balaban J connectivity index is 0.000000198. The topological polar surface area (TPSA) is 119 Å². The summed E-state index contributed by atoms with van der Waals surface area (Å²) in [6, 6.07) is 196. The SMILES string of the molecule is O=S(=O)(O)C(F)(F)F.[B](c1ccccc1)c1ccccc1.[Ni+2].[Ni+2].[Ni+2].[Ni+2].[Ni][I].[Se]c1ccccc1.[c-]1ccccc1-c1[c-]c(-c2ccccn2)ccc1.[c-]1ccccc1-c1[c-]c(-c2ccccn2)ccc1.[c-]1ccccc1-c1[c-]c(-c2ccccn2)ccc1.[c-]1ccccc1-c1[c-]c(-c2ccccn2)ccc1.[c-]1ccccc1-c1[c-]c(-c2ccccn2)ccc1.c1ccc([Si](c2ccccc2)c2ccccc2)cc1. The van der Waals surface area contributed by atoms with Crippen molar-refractivity contribution < 1.29 is 104 Å². The van der Waals surface area contributed by atoms with E-state index in [-0.39, 0.29) is 66.0 Å². The molecule has 5 aromatic heterocycles. The zero-order valence-corrected chi connectivity index (χ0v) is 86.7. The van der Waals surface area contributed by atoms with Crippen molar-refractivity contribution in [3.8, 4) is 112 Å². The first-order chi connectivity index (χ1) is 68.2. The van der Waals surface area contributed by atoms with Gasteiger partial charge in [0.05, 0.1) is 0 Å². The van der Waals surface area contributed by atoms with E-state index in [4.69, 9.17) is 13.0 Å². The molecule has 0 atom stereocenters. The van der Waals surface area contributed by atoms with Gasteiger partial charge < -0.3 is 0 Å². The van der Waals surface area contributed by atoms with E-state index in [1.54, 1.807) is 51.5 Å². The van der Waals surface area contributed by atoms with E-state index in [0.29, 0.717) is 0 Å². The van der Waals surface area contributed by atoms with Gasteiger partial charge >= 0.3 is 165 Å². The van der Waals surface area contributed by atoms with Crippen molar-refractivity contribution in [3.63, 3.8) is 0 Å². The number of rotatable bonds is 15. The molecule has 0 spiro atoms. The van der Waals surface area contributed by atoms with Crippen molar-refractivity contribution in [2.24, 2.45) is 0 Å². The van der Waals surface area contributed by atoms with E-state index in [1.165, 1.54) is 30.9 Å². The van der Waals surface area contributed by atoms with Gasteiger partial charge in [0.15, 0.2) is 16.1 Å². The minimum atomic E-state index is -5.84. The summed E-state index contributed by atoms with van der Waals surface area (Å²) in [5, 5.41) is 4.31. The number of aromatic nitrogens is 5. The van der Waals surface area contributed by atoms with E-state index in [9.17, 15) is 13.2 Å². The molecule has 143 heavy (non-hydrogen) atoms. The van der Waals surface area contributed by atoms with Crippen LogP contribution in [0.4, 0.5) is 13.2 Å². The predicted octanol–water partition coefficient (Wildman–Crippen LogP) is 25.4.